The van der Waals surface area contributed by atoms with Gasteiger partial charge in [0.25, 0.3) is 0 Å². The summed E-state index contributed by atoms with van der Waals surface area (Å²) in [6.45, 7) is 3.98. The minimum atomic E-state index is -0.378. The van der Waals surface area contributed by atoms with E-state index in [-0.39, 0.29) is 25.2 Å². The maximum Gasteiger partial charge on any atom is 0.330 e. The fraction of sp³-hybridized carbons (Fsp3) is 0.455. The predicted molar refractivity (Wildman–Crippen MR) is 56.2 cm³/mol. The number of rotatable bonds is 6. The Morgan fingerprint density at radius 2 is 1.33 bits per heavy atom. The van der Waals surface area contributed by atoms with Gasteiger partial charge in [0.05, 0.1) is 13.2 Å². The molecule has 0 saturated heterocycles. The largest absolute Gasteiger partial charge is 0.462 e. The summed E-state index contributed by atoms with van der Waals surface area (Å²) in [6, 6.07) is 0. The van der Waals surface area contributed by atoms with Crippen LogP contribution in [0.15, 0.2) is 24.3 Å². The first-order chi connectivity index (χ1) is 7.20. The van der Waals surface area contributed by atoms with Gasteiger partial charge in [0.2, 0.25) is 0 Å². The van der Waals surface area contributed by atoms with Crippen LogP contribution >= 0.6 is 0 Å². The van der Waals surface area contributed by atoms with E-state index in [0.29, 0.717) is 6.42 Å². The second-order valence-electron chi connectivity index (χ2n) is 2.69. The Balaban J connectivity index is 3.40. The summed E-state index contributed by atoms with van der Waals surface area (Å²) in [4.78, 5) is 21.6. The van der Waals surface area contributed by atoms with Crippen LogP contribution in [-0.2, 0) is 19.1 Å². The van der Waals surface area contributed by atoms with Crippen molar-refractivity contribution in [2.45, 2.75) is 20.3 Å². The topological polar surface area (TPSA) is 52.6 Å². The summed E-state index contributed by atoms with van der Waals surface area (Å²) in [5, 5.41) is 0. The van der Waals surface area contributed by atoms with E-state index in [0.717, 1.165) is 0 Å². The minimum Gasteiger partial charge on any atom is -0.462 e. The van der Waals surface area contributed by atoms with Gasteiger partial charge in [-0.1, -0.05) is 12.2 Å². The molecule has 0 fully saturated rings. The first-order valence-corrected chi connectivity index (χ1v) is 4.79. The maximum absolute atomic E-state index is 10.8. The van der Waals surface area contributed by atoms with Gasteiger partial charge in [-0.2, -0.15) is 0 Å². The molecule has 0 aromatic heterocycles. The van der Waals surface area contributed by atoms with Crippen LogP contribution in [0.1, 0.15) is 20.3 Å². The fourth-order valence-corrected chi connectivity index (χ4v) is 0.773. The fourth-order valence-electron chi connectivity index (χ4n) is 0.773. The third-order valence-corrected chi connectivity index (χ3v) is 1.38. The third kappa shape index (κ3) is 8.74. The van der Waals surface area contributed by atoms with E-state index < -0.39 is 0 Å². The second kappa shape index (κ2) is 8.99. The first kappa shape index (κ1) is 13.4. The van der Waals surface area contributed by atoms with Gasteiger partial charge in [-0.15, -0.1) is 0 Å². The third-order valence-electron chi connectivity index (χ3n) is 1.38. The van der Waals surface area contributed by atoms with Crippen molar-refractivity contribution >= 4 is 11.9 Å². The molecule has 0 atom stereocenters. The van der Waals surface area contributed by atoms with Crippen LogP contribution < -0.4 is 0 Å². The van der Waals surface area contributed by atoms with Crippen LogP contribution in [0, 0.1) is 0 Å². The summed E-state index contributed by atoms with van der Waals surface area (Å²) >= 11 is 0. The molecule has 0 radical (unpaired) electrons. The molecule has 0 saturated carbocycles. The molecular formula is C11H16O4. The molecule has 0 aliphatic rings. The van der Waals surface area contributed by atoms with Crippen molar-refractivity contribution < 1.29 is 19.1 Å². The molecular weight excluding hydrogens is 196 g/mol. The lowest BCUT2D eigenvalue weighted by atomic mass is 10.4. The van der Waals surface area contributed by atoms with Crippen LogP contribution in [0.4, 0.5) is 0 Å². The Kier molecular flexibility index (Phi) is 8.05. The van der Waals surface area contributed by atoms with Gasteiger partial charge in [0.1, 0.15) is 0 Å². The molecule has 0 rings (SSSR count). The number of esters is 2. The van der Waals surface area contributed by atoms with E-state index in [4.69, 9.17) is 9.47 Å². The lowest BCUT2D eigenvalue weighted by molar-refractivity contribution is -0.140. The molecule has 0 amide bonds. The summed E-state index contributed by atoms with van der Waals surface area (Å²) in [6.07, 6.45) is 6.40. The monoisotopic (exact) mass is 212 g/mol. The van der Waals surface area contributed by atoms with Gasteiger partial charge in [0, 0.05) is 18.6 Å². The predicted octanol–water partition coefficient (Wildman–Crippen LogP) is 1.62. The Labute approximate surface area is 89.6 Å². The number of carbonyl (C=O) groups excluding carboxylic acids is 2. The Morgan fingerprint density at radius 3 is 1.67 bits per heavy atom. The van der Waals surface area contributed by atoms with Gasteiger partial charge in [-0.05, 0) is 13.8 Å². The summed E-state index contributed by atoms with van der Waals surface area (Å²) in [5.41, 5.74) is 0. The SMILES string of the molecule is C/C=C/C(=O)OCCCOC(=O)/C=C/C. The van der Waals surface area contributed by atoms with Gasteiger partial charge in [0.15, 0.2) is 0 Å². The van der Waals surface area contributed by atoms with Crippen LogP contribution in [0.2, 0.25) is 0 Å². The molecule has 0 aliphatic heterocycles. The molecule has 0 unspecified atom stereocenters. The molecule has 15 heavy (non-hydrogen) atoms. The second-order valence-corrected chi connectivity index (χ2v) is 2.69. The van der Waals surface area contributed by atoms with Crippen molar-refractivity contribution in [1.82, 2.24) is 0 Å². The Bertz CT molecular complexity index is 227. The van der Waals surface area contributed by atoms with Crippen molar-refractivity contribution in [3.63, 3.8) is 0 Å². The average molecular weight is 212 g/mol. The molecule has 0 aromatic carbocycles. The highest BCUT2D eigenvalue weighted by Crippen LogP contribution is 1.89. The van der Waals surface area contributed by atoms with Crippen molar-refractivity contribution in [1.29, 1.82) is 0 Å². The van der Waals surface area contributed by atoms with E-state index in [1.807, 2.05) is 0 Å². The Morgan fingerprint density at radius 1 is 0.933 bits per heavy atom. The van der Waals surface area contributed by atoms with Crippen LogP contribution in [0.3, 0.4) is 0 Å². The minimum absolute atomic E-state index is 0.256. The highest BCUT2D eigenvalue weighted by Gasteiger charge is 1.98. The quantitative estimate of drug-likeness (QED) is 0.381. The highest BCUT2D eigenvalue weighted by atomic mass is 16.5. The Hall–Kier alpha value is -1.58. The number of allylic oxidation sites excluding steroid dienone is 2. The standard InChI is InChI=1S/C11H16O4/c1-3-6-10(12)14-8-5-9-15-11(13)7-4-2/h3-4,6-7H,5,8-9H2,1-2H3/b6-3+,7-4+. The highest BCUT2D eigenvalue weighted by molar-refractivity contribution is 5.82. The molecule has 0 aliphatic carbocycles. The van der Waals surface area contributed by atoms with Gasteiger partial charge >= 0.3 is 11.9 Å². The lowest BCUT2D eigenvalue weighted by Crippen LogP contribution is -2.07. The van der Waals surface area contributed by atoms with E-state index >= 15 is 0 Å². The zero-order chi connectivity index (χ0) is 11.5. The normalized spacial score (nSPS) is 10.8. The molecule has 0 heterocycles. The summed E-state index contributed by atoms with van der Waals surface area (Å²) in [7, 11) is 0. The van der Waals surface area contributed by atoms with E-state index in [1.54, 1.807) is 26.0 Å². The molecule has 4 nitrogen and oxygen atoms in total. The van der Waals surface area contributed by atoms with Crippen LogP contribution in [0.5, 0.6) is 0 Å². The molecule has 84 valence electrons. The van der Waals surface area contributed by atoms with Crippen molar-refractivity contribution in [3.05, 3.63) is 24.3 Å². The summed E-state index contributed by atoms with van der Waals surface area (Å²) < 4.78 is 9.58. The molecule has 0 N–H and O–H groups in total. The molecule has 0 aromatic rings. The molecule has 0 bridgehead atoms. The number of hydrogen-bond acceptors (Lipinski definition) is 4. The van der Waals surface area contributed by atoms with E-state index in [2.05, 4.69) is 0 Å². The van der Waals surface area contributed by atoms with Crippen LogP contribution in [-0.4, -0.2) is 25.2 Å². The molecule has 4 heteroatoms. The van der Waals surface area contributed by atoms with Gasteiger partial charge in [-0.3, -0.25) is 0 Å². The first-order valence-electron chi connectivity index (χ1n) is 4.79. The average Bonchev–Trinajstić information content (AvgIpc) is 2.18. The smallest absolute Gasteiger partial charge is 0.330 e. The molecule has 0 spiro atoms. The van der Waals surface area contributed by atoms with E-state index in [1.165, 1.54) is 12.2 Å². The van der Waals surface area contributed by atoms with E-state index in [9.17, 15) is 9.59 Å². The summed E-state index contributed by atoms with van der Waals surface area (Å²) in [5.74, 6) is -0.755. The van der Waals surface area contributed by atoms with Gasteiger partial charge < -0.3 is 9.47 Å². The number of carbonyl (C=O) groups is 2. The van der Waals surface area contributed by atoms with Crippen molar-refractivity contribution in [2.24, 2.45) is 0 Å². The van der Waals surface area contributed by atoms with Crippen molar-refractivity contribution in [3.8, 4) is 0 Å². The number of ether oxygens (including phenoxy) is 2. The van der Waals surface area contributed by atoms with Gasteiger partial charge in [-0.25, -0.2) is 9.59 Å². The lowest BCUT2D eigenvalue weighted by Gasteiger charge is -2.02. The van der Waals surface area contributed by atoms with Crippen LogP contribution in [0.25, 0.3) is 0 Å². The van der Waals surface area contributed by atoms with Crippen molar-refractivity contribution in [2.75, 3.05) is 13.2 Å². The zero-order valence-electron chi connectivity index (χ0n) is 9.06. The number of hydrogen-bond donors (Lipinski definition) is 0. The zero-order valence-corrected chi connectivity index (χ0v) is 9.06. The maximum atomic E-state index is 10.8.